The molecule has 10 heteroatoms. The lowest BCUT2D eigenvalue weighted by atomic mass is 10.1. The van der Waals surface area contributed by atoms with E-state index in [4.69, 9.17) is 10.5 Å². The van der Waals surface area contributed by atoms with Gasteiger partial charge in [0.1, 0.15) is 22.8 Å². The minimum absolute atomic E-state index is 0.272. The first kappa shape index (κ1) is 23.0. The number of aromatic nitrogens is 6. The Morgan fingerprint density at radius 2 is 1.91 bits per heavy atom. The molecular formula is C24H26FN7O2. The lowest BCUT2D eigenvalue weighted by molar-refractivity contribution is 0.0524. The number of benzene rings is 1. The molecule has 0 saturated carbocycles. The number of halogens is 1. The quantitative estimate of drug-likeness (QED) is 0.430. The number of aryl methyl sites for hydroxylation is 2. The molecule has 4 aromatic rings. The van der Waals surface area contributed by atoms with Crippen molar-refractivity contribution in [3.63, 3.8) is 0 Å². The van der Waals surface area contributed by atoms with Crippen molar-refractivity contribution in [2.45, 2.75) is 34.1 Å². The number of H-pyrrole nitrogens is 1. The second-order valence-electron chi connectivity index (χ2n) is 7.67. The molecule has 0 radical (unpaired) electrons. The molecule has 1 aromatic carbocycles. The highest BCUT2D eigenvalue weighted by Gasteiger charge is 2.21. The number of ether oxygens (including phenoxy) is 1. The minimum atomic E-state index is -0.431. The van der Waals surface area contributed by atoms with E-state index in [-0.39, 0.29) is 12.4 Å². The van der Waals surface area contributed by atoms with Crippen molar-refractivity contribution in [2.75, 3.05) is 12.3 Å². The van der Waals surface area contributed by atoms with Gasteiger partial charge in [-0.15, -0.1) is 0 Å². The second kappa shape index (κ2) is 9.34. The summed E-state index contributed by atoms with van der Waals surface area (Å²) in [6.45, 7) is 7.56. The number of carbonyl (C=O) groups excluding carboxylic acids is 1. The molecule has 0 aliphatic carbocycles. The molecule has 3 heterocycles. The zero-order chi connectivity index (χ0) is 24.4. The van der Waals surface area contributed by atoms with E-state index in [1.54, 1.807) is 60.6 Å². The Balaban J connectivity index is 1.88. The van der Waals surface area contributed by atoms with Crippen LogP contribution in [0.1, 0.15) is 41.2 Å². The van der Waals surface area contributed by atoms with Gasteiger partial charge in [0.15, 0.2) is 5.82 Å². The summed E-state index contributed by atoms with van der Waals surface area (Å²) in [5.41, 5.74) is 11.0. The third-order valence-electron chi connectivity index (χ3n) is 5.43. The van der Waals surface area contributed by atoms with Crippen LogP contribution < -0.4 is 5.73 Å². The molecule has 0 bridgehead atoms. The number of anilines is 1. The highest BCUT2D eigenvalue weighted by atomic mass is 19.1. The summed E-state index contributed by atoms with van der Waals surface area (Å²) < 4.78 is 21.8. The molecule has 0 aliphatic heterocycles. The zero-order valence-corrected chi connectivity index (χ0v) is 19.5. The molecule has 176 valence electrons. The molecule has 0 saturated heterocycles. The largest absolute Gasteiger partial charge is 0.462 e. The van der Waals surface area contributed by atoms with Crippen LogP contribution in [0.4, 0.5) is 10.2 Å². The van der Waals surface area contributed by atoms with E-state index in [2.05, 4.69) is 20.2 Å². The van der Waals surface area contributed by atoms with Crippen molar-refractivity contribution >= 4 is 17.4 Å². The number of nitrogens with two attached hydrogens (primary N) is 1. The van der Waals surface area contributed by atoms with Crippen LogP contribution in [0.25, 0.3) is 22.7 Å². The van der Waals surface area contributed by atoms with Crippen LogP contribution >= 0.6 is 0 Å². The van der Waals surface area contributed by atoms with Crippen LogP contribution in [0.15, 0.2) is 42.7 Å². The number of carbonyl (C=O) groups is 1. The number of nitrogen functional groups attached to an aromatic ring is 1. The van der Waals surface area contributed by atoms with Crippen LogP contribution in [0.2, 0.25) is 0 Å². The maximum Gasteiger partial charge on any atom is 0.341 e. The average Bonchev–Trinajstić information content (AvgIpc) is 3.31. The lowest BCUT2D eigenvalue weighted by Gasteiger charge is -2.04. The van der Waals surface area contributed by atoms with Gasteiger partial charge in [0.2, 0.25) is 0 Å². The van der Waals surface area contributed by atoms with Crippen LogP contribution in [0.3, 0.4) is 0 Å². The third kappa shape index (κ3) is 4.21. The number of hydrogen-bond donors (Lipinski definition) is 2. The van der Waals surface area contributed by atoms with Crippen LogP contribution in [-0.2, 0) is 11.2 Å². The van der Waals surface area contributed by atoms with Gasteiger partial charge < -0.3 is 15.5 Å². The van der Waals surface area contributed by atoms with E-state index in [9.17, 15) is 9.18 Å². The molecular weight excluding hydrogens is 437 g/mol. The van der Waals surface area contributed by atoms with Gasteiger partial charge >= 0.3 is 5.97 Å². The first-order valence-corrected chi connectivity index (χ1v) is 10.9. The van der Waals surface area contributed by atoms with Gasteiger partial charge in [-0.2, -0.15) is 10.2 Å². The SMILES string of the molecule is CCOC(=O)c1c(C)nn(-c2cc(N)[nH]c3c(CC)c(-c4ccc(F)cc4)nn3ccn2)c1C. The maximum absolute atomic E-state index is 13.4. The number of esters is 1. The molecule has 0 unspecified atom stereocenters. The van der Waals surface area contributed by atoms with E-state index in [0.717, 1.165) is 16.8 Å². The lowest BCUT2D eigenvalue weighted by Crippen LogP contribution is -2.08. The fourth-order valence-electron chi connectivity index (χ4n) is 3.89. The molecule has 0 atom stereocenters. The maximum atomic E-state index is 13.4. The Bertz CT molecular complexity index is 1420. The monoisotopic (exact) mass is 463 g/mol. The molecule has 4 rings (SSSR count). The van der Waals surface area contributed by atoms with Crippen LogP contribution in [0, 0.1) is 19.7 Å². The standard InChI is InChI=1S/C24H26FN7O2/c1-5-18-22(16-7-9-17(25)10-8-16)30-31-12-11-27-20(13-19(26)28-23(18)31)32-15(4)21(14(3)29-32)24(33)34-6-2/h7-13,28H,5-6,26H2,1-4H3. The Hall–Kier alpha value is -4.21. The summed E-state index contributed by atoms with van der Waals surface area (Å²) in [4.78, 5) is 20.1. The summed E-state index contributed by atoms with van der Waals surface area (Å²) in [5, 5.41) is 9.16. The molecule has 3 aromatic heterocycles. The van der Waals surface area contributed by atoms with Crippen LogP contribution in [0.5, 0.6) is 0 Å². The van der Waals surface area contributed by atoms with Crippen molar-refractivity contribution in [3.05, 3.63) is 71.1 Å². The van der Waals surface area contributed by atoms with Gasteiger partial charge in [-0.3, -0.25) is 0 Å². The summed E-state index contributed by atoms with van der Waals surface area (Å²) >= 11 is 0. The predicted molar refractivity (Wildman–Crippen MR) is 127 cm³/mol. The Morgan fingerprint density at radius 1 is 1.18 bits per heavy atom. The number of nitrogens with one attached hydrogen (secondary N) is 1. The summed E-state index contributed by atoms with van der Waals surface area (Å²) in [5.74, 6) is -0.00794. The van der Waals surface area contributed by atoms with E-state index in [1.807, 2.05) is 6.92 Å². The molecule has 0 spiro atoms. The van der Waals surface area contributed by atoms with Crippen molar-refractivity contribution in [3.8, 4) is 17.1 Å². The molecule has 0 fully saturated rings. The molecule has 0 amide bonds. The van der Waals surface area contributed by atoms with Gasteiger partial charge in [-0.25, -0.2) is 23.4 Å². The molecule has 9 nitrogen and oxygen atoms in total. The third-order valence-corrected chi connectivity index (χ3v) is 5.43. The fraction of sp³-hybridized carbons (Fsp3) is 0.250. The highest BCUT2D eigenvalue weighted by Crippen LogP contribution is 2.26. The Kier molecular flexibility index (Phi) is 6.31. The average molecular weight is 464 g/mol. The van der Waals surface area contributed by atoms with Crippen LogP contribution in [-0.4, -0.2) is 41.9 Å². The minimum Gasteiger partial charge on any atom is -0.462 e. The number of aromatic amines is 1. The molecule has 0 aliphatic rings. The van der Waals surface area contributed by atoms with Crippen molar-refractivity contribution in [2.24, 2.45) is 0 Å². The van der Waals surface area contributed by atoms with E-state index < -0.39 is 5.97 Å². The summed E-state index contributed by atoms with van der Waals surface area (Å²) in [7, 11) is 0. The van der Waals surface area contributed by atoms with Crippen molar-refractivity contribution in [1.82, 2.24) is 29.4 Å². The second-order valence-corrected chi connectivity index (χ2v) is 7.67. The number of fused-ring (bicyclic) bond motifs is 1. The molecule has 3 N–H and O–H groups in total. The van der Waals surface area contributed by atoms with Crippen molar-refractivity contribution < 1.29 is 13.9 Å². The number of nitrogens with zero attached hydrogens (tertiary/aromatic N) is 5. The highest BCUT2D eigenvalue weighted by molar-refractivity contribution is 5.92. The smallest absolute Gasteiger partial charge is 0.341 e. The summed E-state index contributed by atoms with van der Waals surface area (Å²) in [6, 6.07) is 7.84. The van der Waals surface area contributed by atoms with Gasteiger partial charge in [0.25, 0.3) is 0 Å². The first-order valence-electron chi connectivity index (χ1n) is 10.9. The van der Waals surface area contributed by atoms with Gasteiger partial charge in [0.05, 0.1) is 23.7 Å². The Morgan fingerprint density at radius 3 is 2.59 bits per heavy atom. The van der Waals surface area contributed by atoms with E-state index in [0.29, 0.717) is 40.7 Å². The van der Waals surface area contributed by atoms with Crippen molar-refractivity contribution in [1.29, 1.82) is 0 Å². The van der Waals surface area contributed by atoms with Gasteiger partial charge in [-0.05, 0) is 51.5 Å². The van der Waals surface area contributed by atoms with E-state index in [1.165, 1.54) is 12.1 Å². The fourth-order valence-corrected chi connectivity index (χ4v) is 3.89. The topological polar surface area (TPSA) is 116 Å². The van der Waals surface area contributed by atoms with Gasteiger partial charge in [0, 0.05) is 29.6 Å². The Labute approximate surface area is 195 Å². The predicted octanol–water partition coefficient (Wildman–Crippen LogP) is 4.11. The zero-order valence-electron chi connectivity index (χ0n) is 19.5. The first-order chi connectivity index (χ1) is 16.3. The van der Waals surface area contributed by atoms with Gasteiger partial charge in [-0.1, -0.05) is 6.92 Å². The number of rotatable bonds is 5. The van der Waals surface area contributed by atoms with E-state index >= 15 is 0 Å². The summed E-state index contributed by atoms with van der Waals surface area (Å²) in [6.07, 6.45) is 3.94. The normalized spacial score (nSPS) is 11.0. The number of hydrogen-bond acceptors (Lipinski definition) is 6. The molecule has 34 heavy (non-hydrogen) atoms.